The highest BCUT2D eigenvalue weighted by atomic mass is 35.5. The number of alkyl halides is 3. The molecule has 4 nitrogen and oxygen atoms in total. The van der Waals surface area contributed by atoms with E-state index in [-0.39, 0.29) is 18.0 Å². The van der Waals surface area contributed by atoms with Crippen molar-refractivity contribution in [2.45, 2.75) is 26.1 Å². The molecule has 0 saturated heterocycles. The molecular formula is C18H19ClF3NO3. The van der Waals surface area contributed by atoms with E-state index in [0.717, 1.165) is 23.3 Å². The summed E-state index contributed by atoms with van der Waals surface area (Å²) in [5.74, 6) is 0.583. The van der Waals surface area contributed by atoms with Gasteiger partial charge in [-0.25, -0.2) is 0 Å². The van der Waals surface area contributed by atoms with E-state index in [4.69, 9.17) is 21.4 Å². The monoisotopic (exact) mass is 389 g/mol. The second-order valence-corrected chi connectivity index (χ2v) is 6.28. The zero-order chi connectivity index (χ0) is 19.5. The molecule has 2 aromatic carbocycles. The molecule has 0 fully saturated rings. The van der Waals surface area contributed by atoms with Gasteiger partial charge in [0, 0.05) is 11.6 Å². The Morgan fingerprint density at radius 2 is 1.77 bits per heavy atom. The van der Waals surface area contributed by atoms with Gasteiger partial charge in [-0.3, -0.25) is 0 Å². The molecule has 0 aromatic heterocycles. The fourth-order valence-corrected chi connectivity index (χ4v) is 2.43. The summed E-state index contributed by atoms with van der Waals surface area (Å²) in [5.41, 5.74) is 0.754. The molecule has 142 valence electrons. The maximum atomic E-state index is 13.0. The lowest BCUT2D eigenvalue weighted by Crippen LogP contribution is -2.23. The number of nitrogens with one attached hydrogen (secondary N) is 1. The van der Waals surface area contributed by atoms with Gasteiger partial charge in [-0.1, -0.05) is 11.6 Å². The molecule has 0 radical (unpaired) electrons. The number of benzene rings is 2. The minimum Gasteiger partial charge on any atom is -0.455 e. The summed E-state index contributed by atoms with van der Waals surface area (Å²) < 4.78 is 44.6. The van der Waals surface area contributed by atoms with Gasteiger partial charge < -0.3 is 20.3 Å². The molecule has 0 aliphatic carbocycles. The Labute approximate surface area is 154 Å². The van der Waals surface area contributed by atoms with Crippen molar-refractivity contribution in [3.63, 3.8) is 0 Å². The Bertz CT molecular complexity index is 758. The van der Waals surface area contributed by atoms with Crippen LogP contribution in [0.25, 0.3) is 0 Å². The largest absolute Gasteiger partial charge is 0.455 e. The SMILES string of the molecule is Cc1cc(Oc2ccc(C(F)(F)F)cc2NCC(O)CO)cc(C)c1Cl. The molecule has 0 bridgehead atoms. The number of aliphatic hydroxyl groups is 2. The van der Waals surface area contributed by atoms with Crippen molar-refractivity contribution in [1.82, 2.24) is 0 Å². The van der Waals surface area contributed by atoms with Crippen LogP contribution < -0.4 is 10.1 Å². The standard InChI is InChI=1S/C18H19ClF3NO3/c1-10-5-14(6-11(2)17(10)19)26-16-4-3-12(18(20,21)22)7-15(16)23-8-13(25)9-24/h3-7,13,23-25H,8-9H2,1-2H3. The molecule has 0 aliphatic rings. The van der Waals surface area contributed by atoms with E-state index in [9.17, 15) is 18.3 Å². The number of hydrogen-bond acceptors (Lipinski definition) is 4. The fraction of sp³-hybridized carbons (Fsp3) is 0.333. The third-order valence-electron chi connectivity index (χ3n) is 3.68. The van der Waals surface area contributed by atoms with Crippen molar-refractivity contribution in [2.75, 3.05) is 18.5 Å². The molecule has 1 atom stereocenters. The summed E-state index contributed by atoms with van der Waals surface area (Å²) in [5, 5.41) is 21.6. The number of ether oxygens (including phenoxy) is 1. The summed E-state index contributed by atoms with van der Waals surface area (Å²) in [6, 6.07) is 6.38. The molecule has 1 unspecified atom stereocenters. The third-order valence-corrected chi connectivity index (χ3v) is 4.28. The smallest absolute Gasteiger partial charge is 0.416 e. The molecule has 26 heavy (non-hydrogen) atoms. The Kier molecular flexibility index (Phi) is 6.39. The second-order valence-electron chi connectivity index (χ2n) is 5.90. The van der Waals surface area contributed by atoms with Gasteiger partial charge >= 0.3 is 6.18 Å². The summed E-state index contributed by atoms with van der Waals surface area (Å²) in [6.07, 6.45) is -5.63. The highest BCUT2D eigenvalue weighted by Crippen LogP contribution is 2.37. The van der Waals surface area contributed by atoms with E-state index in [1.54, 1.807) is 26.0 Å². The van der Waals surface area contributed by atoms with Crippen LogP contribution in [0.1, 0.15) is 16.7 Å². The topological polar surface area (TPSA) is 61.7 Å². The van der Waals surface area contributed by atoms with Gasteiger partial charge in [0.2, 0.25) is 0 Å². The van der Waals surface area contributed by atoms with Crippen molar-refractivity contribution in [1.29, 1.82) is 0 Å². The van der Waals surface area contributed by atoms with E-state index in [2.05, 4.69) is 5.32 Å². The zero-order valence-electron chi connectivity index (χ0n) is 14.2. The second kappa shape index (κ2) is 8.16. The van der Waals surface area contributed by atoms with Crippen LogP contribution in [0.3, 0.4) is 0 Å². The van der Waals surface area contributed by atoms with Crippen LogP contribution in [0.5, 0.6) is 11.5 Å². The predicted molar refractivity (Wildman–Crippen MR) is 94.0 cm³/mol. The van der Waals surface area contributed by atoms with Crippen LogP contribution in [0.2, 0.25) is 5.02 Å². The van der Waals surface area contributed by atoms with E-state index >= 15 is 0 Å². The first-order valence-corrected chi connectivity index (χ1v) is 8.18. The summed E-state index contributed by atoms with van der Waals surface area (Å²) in [6.45, 7) is 2.95. The maximum absolute atomic E-state index is 13.0. The van der Waals surface area contributed by atoms with Crippen molar-refractivity contribution >= 4 is 17.3 Å². The number of rotatable bonds is 6. The van der Waals surface area contributed by atoms with Crippen LogP contribution in [0.15, 0.2) is 30.3 Å². The molecule has 0 amide bonds. The first kappa shape index (κ1) is 20.4. The highest BCUT2D eigenvalue weighted by molar-refractivity contribution is 6.32. The molecule has 0 saturated carbocycles. The average Bonchev–Trinajstić information content (AvgIpc) is 2.57. The molecule has 0 spiro atoms. The van der Waals surface area contributed by atoms with Gasteiger partial charge in [0.05, 0.1) is 24.0 Å². The first-order chi connectivity index (χ1) is 12.1. The van der Waals surface area contributed by atoms with E-state index in [0.29, 0.717) is 10.8 Å². The molecule has 3 N–H and O–H groups in total. The molecule has 0 heterocycles. The number of hydrogen-bond donors (Lipinski definition) is 3. The quantitative estimate of drug-likeness (QED) is 0.679. The Morgan fingerprint density at radius 3 is 2.31 bits per heavy atom. The average molecular weight is 390 g/mol. The Balaban J connectivity index is 2.36. The number of halogens is 4. The molecule has 8 heteroatoms. The Morgan fingerprint density at radius 1 is 1.15 bits per heavy atom. The summed E-state index contributed by atoms with van der Waals surface area (Å²) >= 11 is 6.11. The summed E-state index contributed by atoms with van der Waals surface area (Å²) in [7, 11) is 0. The normalized spacial score (nSPS) is 12.8. The van der Waals surface area contributed by atoms with Gasteiger partial charge in [-0.15, -0.1) is 0 Å². The summed E-state index contributed by atoms with van der Waals surface area (Å²) in [4.78, 5) is 0. The van der Waals surface area contributed by atoms with Crippen LogP contribution in [-0.2, 0) is 6.18 Å². The van der Waals surface area contributed by atoms with Gasteiger partial charge in [-0.05, 0) is 55.3 Å². The van der Waals surface area contributed by atoms with Crippen LogP contribution in [0.4, 0.5) is 18.9 Å². The van der Waals surface area contributed by atoms with Crippen LogP contribution in [0, 0.1) is 13.8 Å². The van der Waals surface area contributed by atoms with Crippen LogP contribution in [-0.4, -0.2) is 29.5 Å². The van der Waals surface area contributed by atoms with E-state index < -0.39 is 24.5 Å². The van der Waals surface area contributed by atoms with Crippen molar-refractivity contribution in [3.05, 3.63) is 52.0 Å². The molecule has 2 aromatic rings. The van der Waals surface area contributed by atoms with Gasteiger partial charge in [0.25, 0.3) is 0 Å². The maximum Gasteiger partial charge on any atom is 0.416 e. The van der Waals surface area contributed by atoms with Gasteiger partial charge in [-0.2, -0.15) is 13.2 Å². The van der Waals surface area contributed by atoms with Crippen molar-refractivity contribution in [3.8, 4) is 11.5 Å². The third kappa shape index (κ3) is 5.03. The Hall–Kier alpha value is -1.96. The molecule has 0 aliphatic heterocycles. The first-order valence-electron chi connectivity index (χ1n) is 7.80. The number of aryl methyl sites for hydroxylation is 2. The van der Waals surface area contributed by atoms with Gasteiger partial charge in [0.15, 0.2) is 5.75 Å². The minimum absolute atomic E-state index is 0.0533. The van der Waals surface area contributed by atoms with E-state index in [1.807, 2.05) is 0 Å². The fourth-order valence-electron chi connectivity index (χ4n) is 2.32. The number of anilines is 1. The van der Waals surface area contributed by atoms with Crippen molar-refractivity contribution in [2.24, 2.45) is 0 Å². The lowest BCUT2D eigenvalue weighted by atomic mass is 10.1. The van der Waals surface area contributed by atoms with Gasteiger partial charge in [0.1, 0.15) is 5.75 Å². The minimum atomic E-state index is -4.52. The predicted octanol–water partition coefficient (Wildman–Crippen LogP) is 4.53. The lowest BCUT2D eigenvalue weighted by molar-refractivity contribution is -0.137. The zero-order valence-corrected chi connectivity index (χ0v) is 14.9. The molecular weight excluding hydrogens is 371 g/mol. The van der Waals surface area contributed by atoms with E-state index in [1.165, 1.54) is 6.07 Å². The molecule has 2 rings (SSSR count). The highest BCUT2D eigenvalue weighted by Gasteiger charge is 2.31. The van der Waals surface area contributed by atoms with Crippen molar-refractivity contribution < 1.29 is 28.1 Å². The number of aliphatic hydroxyl groups excluding tert-OH is 2. The lowest BCUT2D eigenvalue weighted by Gasteiger charge is -2.17. The van der Waals surface area contributed by atoms with Crippen LogP contribution >= 0.6 is 11.6 Å².